The van der Waals surface area contributed by atoms with Crippen LogP contribution in [-0.4, -0.2) is 34.9 Å². The van der Waals surface area contributed by atoms with Gasteiger partial charge in [0.05, 0.1) is 12.1 Å². The normalized spacial score (nSPS) is 22.9. The molecule has 2 aliphatic rings. The first kappa shape index (κ1) is 10.8. The van der Waals surface area contributed by atoms with Gasteiger partial charge in [0.1, 0.15) is 5.84 Å². The van der Waals surface area contributed by atoms with Gasteiger partial charge in [0, 0.05) is 25.0 Å². The van der Waals surface area contributed by atoms with Crippen LogP contribution in [0.5, 0.6) is 0 Å². The van der Waals surface area contributed by atoms with Gasteiger partial charge in [-0.2, -0.15) is 0 Å². The van der Waals surface area contributed by atoms with E-state index >= 15 is 0 Å². The van der Waals surface area contributed by atoms with Gasteiger partial charge in [-0.3, -0.25) is 9.98 Å². The molecule has 0 N–H and O–H groups in total. The molecule has 2 heterocycles. The van der Waals surface area contributed by atoms with Gasteiger partial charge in [0.25, 0.3) is 0 Å². The van der Waals surface area contributed by atoms with Crippen LogP contribution in [0, 0.1) is 0 Å². The summed E-state index contributed by atoms with van der Waals surface area (Å²) in [6.07, 6.45) is 10.4. The van der Waals surface area contributed by atoms with Crippen LogP contribution < -0.4 is 0 Å². The summed E-state index contributed by atoms with van der Waals surface area (Å²) in [5.74, 6) is 1.15. The van der Waals surface area contributed by atoms with E-state index in [1.165, 1.54) is 37.7 Å². The molecule has 3 nitrogen and oxygen atoms in total. The smallest absolute Gasteiger partial charge is 0.131 e. The molecule has 0 atom stereocenters. The van der Waals surface area contributed by atoms with Gasteiger partial charge >= 0.3 is 0 Å². The van der Waals surface area contributed by atoms with E-state index in [1.54, 1.807) is 0 Å². The lowest BCUT2D eigenvalue weighted by Crippen LogP contribution is -2.48. The van der Waals surface area contributed by atoms with Crippen LogP contribution in [0.1, 0.15) is 37.7 Å². The number of hydrogen-bond acceptors (Lipinski definition) is 3. The van der Waals surface area contributed by atoms with Crippen molar-refractivity contribution in [2.45, 2.75) is 37.6 Å². The fraction of sp³-hybridized carbons (Fsp3) is 0.571. The lowest BCUT2D eigenvalue weighted by Gasteiger charge is -2.40. The SMILES string of the molecule is CN1C(c2ccncc2)=NCC12CCCCC2. The molecule has 90 valence electrons. The van der Waals surface area contributed by atoms with Crippen molar-refractivity contribution in [3.63, 3.8) is 0 Å². The third-order valence-corrected chi connectivity index (χ3v) is 4.28. The molecule has 1 saturated carbocycles. The monoisotopic (exact) mass is 229 g/mol. The maximum Gasteiger partial charge on any atom is 0.131 e. The second kappa shape index (κ2) is 4.13. The highest BCUT2D eigenvalue weighted by atomic mass is 15.3. The molecule has 17 heavy (non-hydrogen) atoms. The zero-order valence-corrected chi connectivity index (χ0v) is 10.4. The summed E-state index contributed by atoms with van der Waals surface area (Å²) >= 11 is 0. The summed E-state index contributed by atoms with van der Waals surface area (Å²) in [5.41, 5.74) is 1.52. The Morgan fingerprint density at radius 3 is 2.53 bits per heavy atom. The molecule has 0 aromatic carbocycles. The summed E-state index contributed by atoms with van der Waals surface area (Å²) in [7, 11) is 2.21. The van der Waals surface area contributed by atoms with E-state index in [0.717, 1.165) is 12.4 Å². The summed E-state index contributed by atoms with van der Waals surface area (Å²) in [4.78, 5) is 11.3. The molecule has 0 radical (unpaired) electrons. The summed E-state index contributed by atoms with van der Waals surface area (Å²) in [6.45, 7) is 0.973. The van der Waals surface area contributed by atoms with Crippen molar-refractivity contribution in [3.8, 4) is 0 Å². The van der Waals surface area contributed by atoms with Gasteiger partial charge in [-0.15, -0.1) is 0 Å². The molecular weight excluding hydrogens is 210 g/mol. The van der Waals surface area contributed by atoms with Crippen molar-refractivity contribution in [3.05, 3.63) is 30.1 Å². The van der Waals surface area contributed by atoms with Crippen LogP contribution in [0.25, 0.3) is 0 Å². The van der Waals surface area contributed by atoms with Crippen LogP contribution in [-0.2, 0) is 0 Å². The minimum atomic E-state index is 0.316. The number of rotatable bonds is 1. The van der Waals surface area contributed by atoms with Crippen molar-refractivity contribution in [1.29, 1.82) is 0 Å². The second-order valence-electron chi connectivity index (χ2n) is 5.22. The fourth-order valence-electron chi connectivity index (χ4n) is 3.15. The molecule has 1 aromatic heterocycles. The molecule has 1 fully saturated rings. The fourth-order valence-corrected chi connectivity index (χ4v) is 3.15. The molecule has 3 heteroatoms. The molecule has 0 unspecified atom stereocenters. The van der Waals surface area contributed by atoms with Gasteiger partial charge in [-0.25, -0.2) is 0 Å². The zero-order valence-electron chi connectivity index (χ0n) is 10.4. The average Bonchev–Trinajstić information content (AvgIpc) is 2.70. The van der Waals surface area contributed by atoms with Crippen LogP contribution in [0.15, 0.2) is 29.5 Å². The molecule has 1 aliphatic heterocycles. The number of nitrogens with zero attached hydrogens (tertiary/aromatic N) is 3. The summed E-state index contributed by atoms with van der Waals surface area (Å²) in [5, 5.41) is 0. The van der Waals surface area contributed by atoms with Gasteiger partial charge in [0.2, 0.25) is 0 Å². The number of likely N-dealkylation sites (N-methyl/N-ethyl adjacent to an activating group) is 1. The van der Waals surface area contributed by atoms with E-state index in [2.05, 4.69) is 29.1 Å². The van der Waals surface area contributed by atoms with Crippen molar-refractivity contribution in [1.82, 2.24) is 9.88 Å². The highest BCUT2D eigenvalue weighted by molar-refractivity contribution is 6.00. The third kappa shape index (κ3) is 1.74. The summed E-state index contributed by atoms with van der Waals surface area (Å²) in [6, 6.07) is 4.11. The van der Waals surface area contributed by atoms with Gasteiger partial charge in [0.15, 0.2) is 0 Å². The lowest BCUT2D eigenvalue weighted by molar-refractivity contribution is 0.168. The van der Waals surface area contributed by atoms with Crippen LogP contribution in [0.3, 0.4) is 0 Å². The highest BCUT2D eigenvalue weighted by Crippen LogP contribution is 2.37. The van der Waals surface area contributed by atoms with Crippen molar-refractivity contribution >= 4 is 5.84 Å². The number of hydrogen-bond donors (Lipinski definition) is 0. The zero-order chi connectivity index (χ0) is 11.7. The lowest BCUT2D eigenvalue weighted by atomic mass is 9.81. The first-order chi connectivity index (χ1) is 8.32. The van der Waals surface area contributed by atoms with Gasteiger partial charge < -0.3 is 4.90 Å². The average molecular weight is 229 g/mol. The van der Waals surface area contributed by atoms with Crippen molar-refractivity contribution < 1.29 is 0 Å². The Kier molecular flexibility index (Phi) is 2.61. The molecule has 0 saturated heterocycles. The minimum Gasteiger partial charge on any atom is -0.352 e. The Morgan fingerprint density at radius 1 is 1.12 bits per heavy atom. The Bertz CT molecular complexity index is 418. The topological polar surface area (TPSA) is 28.5 Å². The van der Waals surface area contributed by atoms with E-state index in [-0.39, 0.29) is 0 Å². The van der Waals surface area contributed by atoms with E-state index in [1.807, 2.05) is 12.4 Å². The van der Waals surface area contributed by atoms with E-state index in [4.69, 9.17) is 4.99 Å². The Hall–Kier alpha value is -1.38. The molecule has 1 aromatic rings. The minimum absolute atomic E-state index is 0.316. The van der Waals surface area contributed by atoms with Crippen LogP contribution in [0.2, 0.25) is 0 Å². The molecular formula is C14H19N3. The van der Waals surface area contributed by atoms with Crippen molar-refractivity contribution in [2.24, 2.45) is 4.99 Å². The maximum absolute atomic E-state index is 4.78. The van der Waals surface area contributed by atoms with Crippen molar-refractivity contribution in [2.75, 3.05) is 13.6 Å². The van der Waals surface area contributed by atoms with E-state index in [9.17, 15) is 0 Å². The first-order valence-corrected chi connectivity index (χ1v) is 6.51. The predicted molar refractivity (Wildman–Crippen MR) is 69.2 cm³/mol. The van der Waals surface area contributed by atoms with E-state index in [0.29, 0.717) is 5.54 Å². The van der Waals surface area contributed by atoms with E-state index < -0.39 is 0 Å². The maximum atomic E-state index is 4.78. The van der Waals surface area contributed by atoms with Crippen LogP contribution >= 0.6 is 0 Å². The molecule has 0 amide bonds. The largest absolute Gasteiger partial charge is 0.352 e. The summed E-state index contributed by atoms with van der Waals surface area (Å²) < 4.78 is 0. The van der Waals surface area contributed by atoms with Gasteiger partial charge in [-0.05, 0) is 25.0 Å². The number of aromatic nitrogens is 1. The Balaban J connectivity index is 1.86. The number of aliphatic imine (C=N–C) groups is 1. The molecule has 0 bridgehead atoms. The highest BCUT2D eigenvalue weighted by Gasteiger charge is 2.41. The Labute approximate surface area is 103 Å². The molecule has 1 aliphatic carbocycles. The number of pyridine rings is 1. The Morgan fingerprint density at radius 2 is 1.82 bits per heavy atom. The second-order valence-corrected chi connectivity index (χ2v) is 5.22. The van der Waals surface area contributed by atoms with Gasteiger partial charge in [-0.1, -0.05) is 19.3 Å². The van der Waals surface area contributed by atoms with Crippen LogP contribution in [0.4, 0.5) is 0 Å². The molecule has 1 spiro atoms. The third-order valence-electron chi connectivity index (χ3n) is 4.28. The predicted octanol–water partition coefficient (Wildman–Crippen LogP) is 2.48. The molecule has 3 rings (SSSR count). The quantitative estimate of drug-likeness (QED) is 0.740. The number of amidine groups is 1. The first-order valence-electron chi connectivity index (χ1n) is 6.51. The standard InChI is InChI=1S/C14H19N3/c1-17-13(12-5-9-15-10-6-12)16-11-14(17)7-3-2-4-8-14/h5-6,9-10H,2-4,7-8,11H2,1H3.